The summed E-state index contributed by atoms with van der Waals surface area (Å²) in [5, 5.41) is 15.6. The number of carboxylic acids is 1. The van der Waals surface area contributed by atoms with Crippen LogP contribution in [0, 0.1) is 0 Å². The lowest BCUT2D eigenvalue weighted by atomic mass is 10.5. The van der Waals surface area contributed by atoms with E-state index in [4.69, 9.17) is 16.7 Å². The Morgan fingerprint density at radius 3 is 2.80 bits per heavy atom. The van der Waals surface area contributed by atoms with Gasteiger partial charge in [0, 0.05) is 6.54 Å². The Bertz CT molecular complexity index is 724. The van der Waals surface area contributed by atoms with Gasteiger partial charge >= 0.3 is 5.97 Å². The van der Waals surface area contributed by atoms with Crippen LogP contribution in [-0.2, 0) is 16.6 Å². The van der Waals surface area contributed by atoms with Crippen molar-refractivity contribution in [1.29, 1.82) is 0 Å². The zero-order chi connectivity index (χ0) is 14.8. The van der Waals surface area contributed by atoms with Crippen LogP contribution in [0.1, 0.15) is 10.5 Å². The maximum atomic E-state index is 11.9. The molecule has 0 bridgehead atoms. The molecule has 0 saturated carbocycles. The van der Waals surface area contributed by atoms with Crippen molar-refractivity contribution in [2.75, 3.05) is 6.54 Å². The van der Waals surface area contributed by atoms with Gasteiger partial charge < -0.3 is 5.11 Å². The Balaban J connectivity index is 1.93. The first-order chi connectivity index (χ1) is 9.38. The van der Waals surface area contributed by atoms with E-state index in [1.807, 2.05) is 0 Å². The van der Waals surface area contributed by atoms with E-state index in [1.165, 1.54) is 23.0 Å². The van der Waals surface area contributed by atoms with Crippen LogP contribution in [-0.4, -0.2) is 41.0 Å². The molecule has 8 nitrogen and oxygen atoms in total. The van der Waals surface area contributed by atoms with Crippen LogP contribution in [0.3, 0.4) is 0 Å². The van der Waals surface area contributed by atoms with Crippen molar-refractivity contribution in [3.63, 3.8) is 0 Å². The van der Waals surface area contributed by atoms with E-state index in [2.05, 4.69) is 15.0 Å². The molecule has 20 heavy (non-hydrogen) atoms. The number of carbonyl (C=O) groups is 1. The molecular formula is C9H9ClN4O4S2. The van der Waals surface area contributed by atoms with Crippen LogP contribution < -0.4 is 4.72 Å². The second-order valence-electron chi connectivity index (χ2n) is 3.63. The van der Waals surface area contributed by atoms with Gasteiger partial charge in [0.25, 0.3) is 0 Å². The standard InChI is InChI=1S/C9H9ClN4O4S2/c10-7-1-2-8(19-7)20(17,18)11-3-4-14-5-6(9(15)16)12-13-14/h1-2,5,11H,3-4H2,(H,15,16). The summed E-state index contributed by atoms with van der Waals surface area (Å²) < 4.78 is 27.8. The minimum Gasteiger partial charge on any atom is -0.476 e. The molecule has 0 spiro atoms. The van der Waals surface area contributed by atoms with Crippen LogP contribution in [0.15, 0.2) is 22.5 Å². The molecule has 0 fully saturated rings. The normalized spacial score (nSPS) is 11.7. The van der Waals surface area contributed by atoms with E-state index < -0.39 is 16.0 Å². The van der Waals surface area contributed by atoms with Crippen molar-refractivity contribution in [1.82, 2.24) is 19.7 Å². The van der Waals surface area contributed by atoms with Gasteiger partial charge in [-0.05, 0) is 12.1 Å². The third-order valence-corrected chi connectivity index (χ3v) is 5.39. The first-order valence-corrected chi connectivity index (χ1v) is 7.95. The number of hydrogen-bond donors (Lipinski definition) is 2. The third kappa shape index (κ3) is 3.54. The number of aromatic carboxylic acids is 1. The lowest BCUT2D eigenvalue weighted by molar-refractivity contribution is 0.0690. The fraction of sp³-hybridized carbons (Fsp3) is 0.222. The smallest absolute Gasteiger partial charge is 0.358 e. The molecule has 0 aliphatic carbocycles. The molecule has 0 aliphatic heterocycles. The molecule has 2 aromatic rings. The molecule has 0 aromatic carbocycles. The van der Waals surface area contributed by atoms with Gasteiger partial charge in [0.2, 0.25) is 10.0 Å². The number of carboxylic acid groups (broad SMARTS) is 1. The molecule has 0 unspecified atom stereocenters. The predicted molar refractivity (Wildman–Crippen MR) is 71.5 cm³/mol. The highest BCUT2D eigenvalue weighted by molar-refractivity contribution is 7.91. The van der Waals surface area contributed by atoms with Crippen LogP contribution in [0.25, 0.3) is 0 Å². The monoisotopic (exact) mass is 336 g/mol. The quantitative estimate of drug-likeness (QED) is 0.801. The van der Waals surface area contributed by atoms with Gasteiger partial charge in [-0.15, -0.1) is 16.4 Å². The fourth-order valence-electron chi connectivity index (χ4n) is 1.31. The Kier molecular flexibility index (Phi) is 4.38. The average molecular weight is 337 g/mol. The summed E-state index contributed by atoms with van der Waals surface area (Å²) in [5.41, 5.74) is -0.196. The second kappa shape index (κ2) is 5.87. The first kappa shape index (κ1) is 14.9. The van der Waals surface area contributed by atoms with Crippen LogP contribution in [0.5, 0.6) is 0 Å². The van der Waals surface area contributed by atoms with Crippen LogP contribution in [0.4, 0.5) is 0 Å². The van der Waals surface area contributed by atoms with Crippen LogP contribution >= 0.6 is 22.9 Å². The maximum Gasteiger partial charge on any atom is 0.358 e. The molecule has 2 rings (SSSR count). The molecule has 0 amide bonds. The van der Waals surface area contributed by atoms with E-state index in [0.717, 1.165) is 11.3 Å². The van der Waals surface area contributed by atoms with E-state index in [1.54, 1.807) is 0 Å². The van der Waals surface area contributed by atoms with Gasteiger partial charge in [-0.3, -0.25) is 4.68 Å². The predicted octanol–water partition coefficient (Wildman–Crippen LogP) is 0.670. The molecule has 0 radical (unpaired) electrons. The lowest BCUT2D eigenvalue weighted by Crippen LogP contribution is -2.27. The zero-order valence-corrected chi connectivity index (χ0v) is 12.2. The summed E-state index contributed by atoms with van der Waals surface area (Å²) in [6, 6.07) is 2.91. The van der Waals surface area contributed by atoms with Gasteiger partial charge in [-0.1, -0.05) is 16.8 Å². The van der Waals surface area contributed by atoms with Crippen molar-refractivity contribution in [3.05, 3.63) is 28.4 Å². The molecule has 0 atom stereocenters. The van der Waals surface area contributed by atoms with E-state index in [0.29, 0.717) is 4.34 Å². The SMILES string of the molecule is O=C(O)c1cn(CCNS(=O)(=O)c2ccc(Cl)s2)nn1. The summed E-state index contributed by atoms with van der Waals surface area (Å²) >= 11 is 6.63. The zero-order valence-electron chi connectivity index (χ0n) is 9.85. The highest BCUT2D eigenvalue weighted by Crippen LogP contribution is 2.25. The second-order valence-corrected chi connectivity index (χ2v) is 7.34. The molecular weight excluding hydrogens is 328 g/mol. The van der Waals surface area contributed by atoms with E-state index >= 15 is 0 Å². The van der Waals surface area contributed by atoms with Crippen molar-refractivity contribution in [3.8, 4) is 0 Å². The molecule has 2 N–H and O–H groups in total. The van der Waals surface area contributed by atoms with Gasteiger partial charge in [0.1, 0.15) is 4.21 Å². The number of aromatic nitrogens is 3. The number of sulfonamides is 1. The number of rotatable bonds is 6. The van der Waals surface area contributed by atoms with Crippen molar-refractivity contribution in [2.45, 2.75) is 10.8 Å². The molecule has 2 heterocycles. The number of thiophene rings is 1. The Hall–Kier alpha value is -1.49. The minimum atomic E-state index is -3.61. The first-order valence-electron chi connectivity index (χ1n) is 5.27. The average Bonchev–Trinajstić information content (AvgIpc) is 2.98. The Labute approximate surface area is 123 Å². The number of nitrogens with one attached hydrogen (secondary N) is 1. The maximum absolute atomic E-state index is 11.9. The minimum absolute atomic E-state index is 0.0558. The van der Waals surface area contributed by atoms with Gasteiger partial charge in [-0.2, -0.15) is 0 Å². The summed E-state index contributed by atoms with van der Waals surface area (Å²) in [6.07, 6.45) is 1.22. The number of hydrogen-bond acceptors (Lipinski definition) is 6. The topological polar surface area (TPSA) is 114 Å². The summed E-state index contributed by atoms with van der Waals surface area (Å²) in [4.78, 5) is 10.6. The Morgan fingerprint density at radius 2 is 2.25 bits per heavy atom. The van der Waals surface area contributed by atoms with Gasteiger partial charge in [-0.25, -0.2) is 17.9 Å². The largest absolute Gasteiger partial charge is 0.476 e. The molecule has 11 heteroatoms. The van der Waals surface area contributed by atoms with E-state index in [9.17, 15) is 13.2 Å². The van der Waals surface area contributed by atoms with Gasteiger partial charge in [0.15, 0.2) is 5.69 Å². The molecule has 0 saturated heterocycles. The van der Waals surface area contributed by atoms with E-state index in [-0.39, 0.29) is 23.0 Å². The molecule has 2 aromatic heterocycles. The highest BCUT2D eigenvalue weighted by atomic mass is 35.5. The molecule has 0 aliphatic rings. The summed E-state index contributed by atoms with van der Waals surface area (Å²) in [7, 11) is -3.61. The Morgan fingerprint density at radius 1 is 1.50 bits per heavy atom. The van der Waals surface area contributed by atoms with Crippen molar-refractivity contribution < 1.29 is 18.3 Å². The third-order valence-electron chi connectivity index (χ3n) is 2.20. The van der Waals surface area contributed by atoms with Crippen LogP contribution in [0.2, 0.25) is 4.34 Å². The van der Waals surface area contributed by atoms with Crippen molar-refractivity contribution in [2.24, 2.45) is 0 Å². The summed E-state index contributed by atoms with van der Waals surface area (Å²) in [6.45, 7) is 0.221. The number of nitrogens with zero attached hydrogens (tertiary/aromatic N) is 3. The lowest BCUT2D eigenvalue weighted by Gasteiger charge is -2.04. The highest BCUT2D eigenvalue weighted by Gasteiger charge is 2.16. The van der Waals surface area contributed by atoms with Crippen molar-refractivity contribution >= 4 is 38.9 Å². The molecule has 108 valence electrons. The van der Waals surface area contributed by atoms with Gasteiger partial charge in [0.05, 0.1) is 17.1 Å². The number of halogens is 1. The fourth-order valence-corrected chi connectivity index (χ4v) is 3.86. The summed E-state index contributed by atoms with van der Waals surface area (Å²) in [5.74, 6) is -1.19.